The fraction of sp³-hybridized carbons (Fsp3) is 0.550. The average molecular weight is 342 g/mol. The molecule has 1 saturated heterocycles. The molecule has 1 fully saturated rings. The summed E-state index contributed by atoms with van der Waals surface area (Å²) in [5, 5.41) is 8.19. The van der Waals surface area contributed by atoms with Crippen LogP contribution >= 0.6 is 0 Å². The van der Waals surface area contributed by atoms with Gasteiger partial charge >= 0.3 is 0 Å². The van der Waals surface area contributed by atoms with Crippen LogP contribution in [0, 0.1) is 6.92 Å². The van der Waals surface area contributed by atoms with Crippen molar-refractivity contribution in [2.75, 3.05) is 36.5 Å². The zero-order valence-corrected chi connectivity index (χ0v) is 15.8. The van der Waals surface area contributed by atoms with Gasteiger partial charge in [0, 0.05) is 30.9 Å². The maximum atomic E-state index is 5.46. The van der Waals surface area contributed by atoms with E-state index in [1.165, 1.54) is 16.9 Å². The van der Waals surface area contributed by atoms with Gasteiger partial charge in [-0.1, -0.05) is 19.1 Å². The lowest BCUT2D eigenvalue weighted by Gasteiger charge is -2.29. The van der Waals surface area contributed by atoms with E-state index in [4.69, 9.17) is 4.74 Å². The largest absolute Gasteiger partial charge is 0.378 e. The lowest BCUT2D eigenvalue weighted by Crippen LogP contribution is -2.36. The highest BCUT2D eigenvalue weighted by molar-refractivity contribution is 5.52. The number of morpholine rings is 1. The summed E-state index contributed by atoms with van der Waals surface area (Å²) in [5.41, 5.74) is 4.89. The number of benzene rings is 1. The minimum atomic E-state index is 0.231. The van der Waals surface area contributed by atoms with Crippen LogP contribution in [0.5, 0.6) is 0 Å². The van der Waals surface area contributed by atoms with Crippen molar-refractivity contribution in [3.05, 3.63) is 41.7 Å². The number of hydrogen-bond acceptors (Lipinski definition) is 4. The van der Waals surface area contributed by atoms with E-state index in [2.05, 4.69) is 72.0 Å². The van der Waals surface area contributed by atoms with Crippen LogP contribution in [0.2, 0.25) is 0 Å². The lowest BCUT2D eigenvalue weighted by molar-refractivity contribution is 0.122. The monoisotopic (exact) mass is 342 g/mol. The Morgan fingerprint density at radius 3 is 2.72 bits per heavy atom. The molecule has 2 unspecified atom stereocenters. The molecule has 1 aliphatic rings. The number of aromatic nitrogens is 2. The number of anilines is 2. The van der Waals surface area contributed by atoms with Crippen molar-refractivity contribution in [1.82, 2.24) is 9.78 Å². The van der Waals surface area contributed by atoms with Gasteiger partial charge in [0.1, 0.15) is 0 Å². The van der Waals surface area contributed by atoms with E-state index < -0.39 is 0 Å². The van der Waals surface area contributed by atoms with Crippen molar-refractivity contribution in [2.24, 2.45) is 0 Å². The van der Waals surface area contributed by atoms with Crippen molar-refractivity contribution >= 4 is 11.4 Å². The average Bonchev–Trinajstić information content (AvgIpc) is 3.02. The predicted octanol–water partition coefficient (Wildman–Crippen LogP) is 4.17. The Labute approximate surface area is 151 Å². The number of rotatable bonds is 6. The molecule has 0 bridgehead atoms. The summed E-state index contributed by atoms with van der Waals surface area (Å²) in [6, 6.07) is 9.47. The summed E-state index contributed by atoms with van der Waals surface area (Å²) >= 11 is 0. The highest BCUT2D eigenvalue weighted by Crippen LogP contribution is 2.27. The highest BCUT2D eigenvalue weighted by atomic mass is 16.5. The van der Waals surface area contributed by atoms with E-state index in [1.807, 2.05) is 6.20 Å². The Bertz CT molecular complexity index is 691. The molecule has 0 radical (unpaired) electrons. The van der Waals surface area contributed by atoms with Crippen molar-refractivity contribution in [1.29, 1.82) is 0 Å². The topological polar surface area (TPSA) is 42.3 Å². The maximum Gasteiger partial charge on any atom is 0.0761 e. The van der Waals surface area contributed by atoms with E-state index in [0.717, 1.165) is 38.4 Å². The molecular weight excluding hydrogens is 312 g/mol. The smallest absolute Gasteiger partial charge is 0.0761 e. The van der Waals surface area contributed by atoms with Crippen molar-refractivity contribution < 1.29 is 4.74 Å². The van der Waals surface area contributed by atoms with E-state index >= 15 is 0 Å². The molecule has 2 heterocycles. The molecule has 0 aliphatic carbocycles. The van der Waals surface area contributed by atoms with Crippen molar-refractivity contribution in [3.63, 3.8) is 0 Å². The van der Waals surface area contributed by atoms with Crippen LogP contribution < -0.4 is 10.2 Å². The maximum absolute atomic E-state index is 5.46. The molecule has 3 rings (SSSR count). The Kier molecular flexibility index (Phi) is 5.63. The molecule has 5 nitrogen and oxygen atoms in total. The van der Waals surface area contributed by atoms with E-state index in [1.54, 1.807) is 0 Å². The summed E-state index contributed by atoms with van der Waals surface area (Å²) < 4.78 is 7.57. The molecule has 0 saturated carbocycles. The Morgan fingerprint density at radius 2 is 2.00 bits per heavy atom. The molecule has 1 aromatic heterocycles. The van der Waals surface area contributed by atoms with Crippen LogP contribution in [0.3, 0.4) is 0 Å². The lowest BCUT2D eigenvalue weighted by atomic mass is 10.1. The number of ether oxygens (including phenoxy) is 1. The zero-order chi connectivity index (χ0) is 17.8. The molecule has 136 valence electrons. The fourth-order valence-electron chi connectivity index (χ4n) is 3.31. The fourth-order valence-corrected chi connectivity index (χ4v) is 3.31. The summed E-state index contributed by atoms with van der Waals surface area (Å²) in [4.78, 5) is 2.39. The van der Waals surface area contributed by atoms with Crippen LogP contribution in [0.1, 0.15) is 50.5 Å². The zero-order valence-electron chi connectivity index (χ0n) is 15.8. The molecule has 2 atom stereocenters. The molecule has 25 heavy (non-hydrogen) atoms. The van der Waals surface area contributed by atoms with Gasteiger partial charge < -0.3 is 15.0 Å². The van der Waals surface area contributed by atoms with Crippen LogP contribution in [0.4, 0.5) is 11.4 Å². The molecule has 1 N–H and O–H groups in total. The second-order valence-electron chi connectivity index (χ2n) is 6.91. The van der Waals surface area contributed by atoms with Crippen molar-refractivity contribution in [2.45, 2.75) is 46.2 Å². The summed E-state index contributed by atoms with van der Waals surface area (Å²) in [5.74, 6) is 0. The quantitative estimate of drug-likeness (QED) is 0.855. The third-order valence-corrected chi connectivity index (χ3v) is 5.17. The van der Waals surface area contributed by atoms with Gasteiger partial charge in [-0.15, -0.1) is 0 Å². The normalized spacial score (nSPS) is 17.4. The second kappa shape index (κ2) is 7.91. The van der Waals surface area contributed by atoms with E-state index in [0.29, 0.717) is 6.04 Å². The van der Waals surface area contributed by atoms with Gasteiger partial charge in [-0.05, 0) is 44.9 Å². The number of hydrogen-bond donors (Lipinski definition) is 1. The first-order chi connectivity index (χ1) is 12.1. The highest BCUT2D eigenvalue weighted by Gasteiger charge is 2.15. The predicted molar refractivity (Wildman–Crippen MR) is 103 cm³/mol. The minimum Gasteiger partial charge on any atom is -0.378 e. The van der Waals surface area contributed by atoms with Gasteiger partial charge in [0.25, 0.3) is 0 Å². The van der Waals surface area contributed by atoms with Gasteiger partial charge in [-0.3, -0.25) is 4.68 Å². The van der Waals surface area contributed by atoms with Crippen molar-refractivity contribution in [3.8, 4) is 0 Å². The van der Waals surface area contributed by atoms with Gasteiger partial charge in [0.15, 0.2) is 0 Å². The first-order valence-electron chi connectivity index (χ1n) is 9.33. The molecule has 0 spiro atoms. The third kappa shape index (κ3) is 3.98. The van der Waals surface area contributed by atoms with Gasteiger partial charge in [-0.2, -0.15) is 5.10 Å². The molecule has 1 aliphatic heterocycles. The first kappa shape index (κ1) is 17.8. The number of nitrogens with zero attached hydrogens (tertiary/aromatic N) is 3. The first-order valence-corrected chi connectivity index (χ1v) is 9.33. The Hall–Kier alpha value is -2.01. The molecule has 2 aromatic rings. The third-order valence-electron chi connectivity index (χ3n) is 5.17. The minimum absolute atomic E-state index is 0.231. The second-order valence-corrected chi connectivity index (χ2v) is 6.91. The van der Waals surface area contributed by atoms with Gasteiger partial charge in [0.05, 0.1) is 30.8 Å². The SMILES string of the molecule is CCC(C)n1ncc(NC(C)c2cccc(N3CCOCC3)c2)c1C. The van der Waals surface area contributed by atoms with Crippen LogP contribution in [-0.2, 0) is 4.74 Å². The molecular formula is C20H30N4O. The van der Waals surface area contributed by atoms with Gasteiger partial charge in [0.2, 0.25) is 0 Å². The number of nitrogens with one attached hydrogen (secondary N) is 1. The summed E-state index contributed by atoms with van der Waals surface area (Å²) in [7, 11) is 0. The summed E-state index contributed by atoms with van der Waals surface area (Å²) in [6.07, 6.45) is 3.03. The standard InChI is InChI=1S/C20H30N4O/c1-5-15(2)24-17(4)20(14-21-24)22-16(3)18-7-6-8-19(13-18)23-9-11-25-12-10-23/h6-8,13-16,22H,5,9-12H2,1-4H3. The Balaban J connectivity index is 1.73. The molecule has 1 aromatic carbocycles. The van der Waals surface area contributed by atoms with E-state index in [9.17, 15) is 0 Å². The molecule has 5 heteroatoms. The molecule has 0 amide bonds. The van der Waals surface area contributed by atoms with Crippen LogP contribution in [-0.4, -0.2) is 36.1 Å². The van der Waals surface area contributed by atoms with Crippen LogP contribution in [0.15, 0.2) is 30.5 Å². The van der Waals surface area contributed by atoms with E-state index in [-0.39, 0.29) is 6.04 Å². The summed E-state index contributed by atoms with van der Waals surface area (Å²) in [6.45, 7) is 12.3. The van der Waals surface area contributed by atoms with Gasteiger partial charge in [-0.25, -0.2) is 0 Å². The Morgan fingerprint density at radius 1 is 1.24 bits per heavy atom. The van der Waals surface area contributed by atoms with Crippen LogP contribution in [0.25, 0.3) is 0 Å².